The molecule has 0 spiro atoms. The van der Waals surface area contributed by atoms with Crippen molar-refractivity contribution in [2.45, 2.75) is 76.5 Å². The first-order valence-corrected chi connectivity index (χ1v) is 12.7. The minimum Gasteiger partial charge on any atom is -0.444 e. The van der Waals surface area contributed by atoms with Gasteiger partial charge in [-0.3, -0.25) is 4.79 Å². The Morgan fingerprint density at radius 2 is 1.97 bits per heavy atom. The number of alkyl carbamates (subject to hydrolysis) is 1. The number of carbonyl (C=O) groups is 2. The number of nitrogens with zero attached hydrogens (tertiary/aromatic N) is 1. The van der Waals surface area contributed by atoms with E-state index in [1.807, 2.05) is 31.9 Å². The number of aromatic nitrogens is 1. The molecule has 3 heterocycles. The fourth-order valence-electron chi connectivity index (χ4n) is 5.95. The molecule has 0 unspecified atom stereocenters. The van der Waals surface area contributed by atoms with Crippen LogP contribution in [0.1, 0.15) is 64.4 Å². The van der Waals surface area contributed by atoms with Crippen LogP contribution in [0, 0.1) is 11.7 Å². The molecule has 35 heavy (non-hydrogen) atoms. The van der Waals surface area contributed by atoms with Gasteiger partial charge < -0.3 is 25.3 Å². The zero-order chi connectivity index (χ0) is 24.7. The summed E-state index contributed by atoms with van der Waals surface area (Å²) in [5.41, 5.74) is 2.22. The average molecular weight is 483 g/mol. The molecule has 0 bridgehead atoms. The topological polar surface area (TPSA) is 86.5 Å². The summed E-state index contributed by atoms with van der Waals surface area (Å²) in [7, 11) is 0. The fraction of sp³-hybridized carbons (Fsp3) is 0.556. The number of halogens is 1. The molecule has 2 aliphatic heterocycles. The number of H-pyrrole nitrogens is 1. The van der Waals surface area contributed by atoms with Crippen LogP contribution in [-0.4, -0.2) is 52.7 Å². The van der Waals surface area contributed by atoms with Gasteiger partial charge >= 0.3 is 6.09 Å². The van der Waals surface area contributed by atoms with Crippen LogP contribution in [0.4, 0.5) is 9.18 Å². The summed E-state index contributed by atoms with van der Waals surface area (Å²) in [4.78, 5) is 31.9. The maximum Gasteiger partial charge on any atom is 0.408 e. The van der Waals surface area contributed by atoms with Gasteiger partial charge in [0, 0.05) is 41.8 Å². The van der Waals surface area contributed by atoms with Gasteiger partial charge in [-0.15, -0.1) is 0 Å². The third-order valence-electron chi connectivity index (χ3n) is 7.49. The first-order valence-electron chi connectivity index (χ1n) is 12.7. The Balaban J connectivity index is 1.41. The van der Waals surface area contributed by atoms with Gasteiger partial charge in [-0.2, -0.15) is 0 Å². The van der Waals surface area contributed by atoms with Crippen molar-refractivity contribution in [3.63, 3.8) is 0 Å². The second-order valence-corrected chi connectivity index (χ2v) is 11.0. The number of carbonyl (C=O) groups excluding carboxylic acids is 2. The molecule has 2 fully saturated rings. The Labute approximate surface area is 205 Å². The van der Waals surface area contributed by atoms with Gasteiger partial charge in [0.25, 0.3) is 0 Å². The number of fused-ring (bicyclic) bond motifs is 2. The molecule has 2 aromatic rings. The molecule has 3 aliphatic rings. The number of rotatable bonds is 4. The van der Waals surface area contributed by atoms with Crippen molar-refractivity contribution in [2.24, 2.45) is 5.92 Å². The third kappa shape index (κ3) is 4.75. The maximum atomic E-state index is 14.0. The van der Waals surface area contributed by atoms with E-state index in [1.165, 1.54) is 12.1 Å². The van der Waals surface area contributed by atoms with E-state index in [4.69, 9.17) is 4.74 Å². The van der Waals surface area contributed by atoms with E-state index in [2.05, 4.69) is 21.7 Å². The molecule has 1 aliphatic carbocycles. The predicted molar refractivity (Wildman–Crippen MR) is 132 cm³/mol. The summed E-state index contributed by atoms with van der Waals surface area (Å²) in [6.07, 6.45) is 8.58. The van der Waals surface area contributed by atoms with Crippen molar-refractivity contribution < 1.29 is 18.7 Å². The lowest BCUT2D eigenvalue weighted by molar-refractivity contribution is -0.136. The summed E-state index contributed by atoms with van der Waals surface area (Å²) in [6.45, 7) is 6.66. The van der Waals surface area contributed by atoms with Crippen LogP contribution in [0.3, 0.4) is 0 Å². The maximum absolute atomic E-state index is 14.0. The third-order valence-corrected chi connectivity index (χ3v) is 7.49. The van der Waals surface area contributed by atoms with Crippen LogP contribution in [0.25, 0.3) is 10.9 Å². The van der Waals surface area contributed by atoms with Crippen LogP contribution < -0.4 is 10.6 Å². The predicted octanol–water partition coefficient (Wildman–Crippen LogP) is 4.56. The summed E-state index contributed by atoms with van der Waals surface area (Å²) >= 11 is 0. The normalized spacial score (nSPS) is 23.5. The number of nitrogens with one attached hydrogen (secondary N) is 3. The van der Waals surface area contributed by atoms with E-state index in [1.54, 1.807) is 6.07 Å². The van der Waals surface area contributed by atoms with Gasteiger partial charge in [0.2, 0.25) is 5.91 Å². The van der Waals surface area contributed by atoms with Crippen molar-refractivity contribution in [2.75, 3.05) is 13.1 Å². The lowest BCUT2D eigenvalue weighted by Crippen LogP contribution is -2.55. The summed E-state index contributed by atoms with van der Waals surface area (Å²) in [6, 6.07) is 4.02. The zero-order valence-electron chi connectivity index (χ0n) is 20.7. The molecule has 3 N–H and O–H groups in total. The molecule has 3 atom stereocenters. The lowest BCUT2D eigenvalue weighted by atomic mass is 9.83. The molecule has 8 heteroatoms. The van der Waals surface area contributed by atoms with Crippen LogP contribution in [-0.2, 0) is 9.53 Å². The highest BCUT2D eigenvalue weighted by Crippen LogP contribution is 2.39. The molecule has 1 aromatic heterocycles. The molecule has 188 valence electrons. The van der Waals surface area contributed by atoms with E-state index in [0.717, 1.165) is 54.3 Å². The lowest BCUT2D eigenvalue weighted by Gasteiger charge is -2.36. The van der Waals surface area contributed by atoms with Crippen molar-refractivity contribution in [1.29, 1.82) is 0 Å². The first kappa shape index (κ1) is 23.7. The molecule has 7 nitrogen and oxygen atoms in total. The van der Waals surface area contributed by atoms with Crippen LogP contribution in [0.5, 0.6) is 0 Å². The first-order chi connectivity index (χ1) is 16.7. The van der Waals surface area contributed by atoms with Gasteiger partial charge in [0.1, 0.15) is 17.5 Å². The molecule has 5 rings (SSSR count). The van der Waals surface area contributed by atoms with E-state index >= 15 is 0 Å². The molecule has 0 radical (unpaired) electrons. The average Bonchev–Trinajstić information content (AvgIpc) is 3.51. The van der Waals surface area contributed by atoms with Crippen molar-refractivity contribution >= 4 is 22.9 Å². The number of aromatic amines is 1. The molecule has 1 aromatic carbocycles. The van der Waals surface area contributed by atoms with Crippen LogP contribution in [0.2, 0.25) is 0 Å². The van der Waals surface area contributed by atoms with Crippen molar-refractivity contribution in [3.8, 4) is 0 Å². The number of ether oxygens (including phenoxy) is 1. The number of amides is 2. The minimum atomic E-state index is -0.637. The summed E-state index contributed by atoms with van der Waals surface area (Å²) < 4.78 is 19.3. The van der Waals surface area contributed by atoms with E-state index in [0.29, 0.717) is 13.1 Å². The Morgan fingerprint density at radius 3 is 2.71 bits per heavy atom. The SMILES string of the molecule is CC(C)(C)OC(=O)N[C@H](C(=O)N1CC=C2NC[C@H](c3c[nH]c4cc(F)ccc34)[C@H]21)C1CCCCC1. The van der Waals surface area contributed by atoms with Gasteiger partial charge in [0.05, 0.1) is 6.04 Å². The number of benzene rings is 1. The largest absolute Gasteiger partial charge is 0.444 e. The Morgan fingerprint density at radius 1 is 1.20 bits per heavy atom. The van der Waals surface area contributed by atoms with Gasteiger partial charge in [-0.25, -0.2) is 9.18 Å². The summed E-state index contributed by atoms with van der Waals surface area (Å²) in [5, 5.41) is 7.38. The van der Waals surface area contributed by atoms with Crippen LogP contribution >= 0.6 is 0 Å². The Hall–Kier alpha value is -3.03. The second-order valence-electron chi connectivity index (χ2n) is 11.0. The molecule has 1 saturated carbocycles. The Bertz CT molecular complexity index is 1140. The smallest absolute Gasteiger partial charge is 0.408 e. The van der Waals surface area contributed by atoms with Gasteiger partial charge in [-0.05, 0) is 69.4 Å². The highest BCUT2D eigenvalue weighted by Gasteiger charge is 2.46. The number of hydrogen-bond acceptors (Lipinski definition) is 4. The standard InChI is InChI=1S/C27H35FN4O3/c1-27(2,3)35-26(34)31-23(16-7-5-4-6-8-16)25(33)32-12-11-21-24(32)20(15-29-21)19-14-30-22-13-17(28)9-10-18(19)22/h9-11,13-14,16,20,23-24,29-30H,4-8,12,15H2,1-3H3,(H,31,34)/t20-,23+,24-/m1/s1. The molecular formula is C27H35FN4O3. The number of hydrogen-bond donors (Lipinski definition) is 3. The van der Waals surface area contributed by atoms with Crippen molar-refractivity contribution in [1.82, 2.24) is 20.5 Å². The van der Waals surface area contributed by atoms with Crippen LogP contribution in [0.15, 0.2) is 36.2 Å². The van der Waals surface area contributed by atoms with E-state index in [-0.39, 0.29) is 29.6 Å². The molecular weight excluding hydrogens is 447 g/mol. The minimum absolute atomic E-state index is 0.0282. The quantitative estimate of drug-likeness (QED) is 0.596. The highest BCUT2D eigenvalue weighted by atomic mass is 19.1. The van der Waals surface area contributed by atoms with E-state index in [9.17, 15) is 14.0 Å². The monoisotopic (exact) mass is 482 g/mol. The molecule has 1 saturated heterocycles. The highest BCUT2D eigenvalue weighted by molar-refractivity contribution is 5.88. The van der Waals surface area contributed by atoms with Gasteiger partial charge in [-0.1, -0.05) is 19.3 Å². The molecule has 2 amide bonds. The van der Waals surface area contributed by atoms with Crippen molar-refractivity contribution in [3.05, 3.63) is 47.5 Å². The summed E-state index contributed by atoms with van der Waals surface area (Å²) in [5.74, 6) is -0.215. The fourth-order valence-corrected chi connectivity index (χ4v) is 5.95. The Kier molecular flexibility index (Phi) is 6.23. The van der Waals surface area contributed by atoms with Gasteiger partial charge in [0.15, 0.2) is 0 Å². The second kappa shape index (κ2) is 9.21. The van der Waals surface area contributed by atoms with E-state index < -0.39 is 17.7 Å². The zero-order valence-corrected chi connectivity index (χ0v) is 20.7.